The van der Waals surface area contributed by atoms with E-state index in [4.69, 9.17) is 25.6 Å². The van der Waals surface area contributed by atoms with E-state index in [9.17, 15) is 9.59 Å². The van der Waals surface area contributed by atoms with Gasteiger partial charge in [0.05, 0.1) is 25.4 Å². The number of hydrogen-bond donors (Lipinski definition) is 0. The van der Waals surface area contributed by atoms with Crippen LogP contribution in [-0.2, 0) is 0 Å². The molecule has 0 spiro atoms. The van der Waals surface area contributed by atoms with Gasteiger partial charge in [0.15, 0.2) is 5.75 Å². The number of ether oxygens (including phenoxy) is 2. The Kier molecular flexibility index (Phi) is 4.80. The van der Waals surface area contributed by atoms with Crippen LogP contribution in [0.2, 0.25) is 5.02 Å². The Labute approximate surface area is 148 Å². The van der Waals surface area contributed by atoms with Crippen LogP contribution < -0.4 is 9.47 Å². The van der Waals surface area contributed by atoms with Crippen molar-refractivity contribution >= 4 is 23.4 Å². The minimum absolute atomic E-state index is 0.0599. The highest BCUT2D eigenvalue weighted by molar-refractivity contribution is 6.32. The van der Waals surface area contributed by atoms with Gasteiger partial charge in [-0.05, 0) is 18.6 Å². The summed E-state index contributed by atoms with van der Waals surface area (Å²) in [6.07, 6.45) is 2.01. The van der Waals surface area contributed by atoms with Crippen molar-refractivity contribution in [2.24, 2.45) is 0 Å². The molecule has 0 N–H and O–H groups in total. The van der Waals surface area contributed by atoms with Gasteiger partial charge < -0.3 is 14.0 Å². The van der Waals surface area contributed by atoms with Gasteiger partial charge in [0.25, 0.3) is 5.91 Å². The molecule has 1 fully saturated rings. The van der Waals surface area contributed by atoms with Gasteiger partial charge in [-0.1, -0.05) is 16.8 Å². The van der Waals surface area contributed by atoms with Gasteiger partial charge in [-0.15, -0.1) is 0 Å². The van der Waals surface area contributed by atoms with Crippen LogP contribution in [0.1, 0.15) is 27.3 Å². The van der Waals surface area contributed by atoms with E-state index >= 15 is 0 Å². The molecular weight excluding hydrogens is 350 g/mol. The second-order valence-electron chi connectivity index (χ2n) is 5.24. The van der Waals surface area contributed by atoms with E-state index in [0.29, 0.717) is 25.3 Å². The molecule has 1 aliphatic heterocycles. The molecule has 8 nitrogen and oxygen atoms in total. The van der Waals surface area contributed by atoms with Crippen molar-refractivity contribution in [1.29, 1.82) is 0 Å². The predicted molar refractivity (Wildman–Crippen MR) is 87.7 cm³/mol. The number of carbonyl (C=O) groups is 2. The number of nitrogens with zero attached hydrogens (tertiary/aromatic N) is 3. The van der Waals surface area contributed by atoms with Crippen molar-refractivity contribution in [3.63, 3.8) is 0 Å². The van der Waals surface area contributed by atoms with Crippen molar-refractivity contribution < 1.29 is 23.6 Å². The first kappa shape index (κ1) is 17.1. The second-order valence-corrected chi connectivity index (χ2v) is 5.65. The fraction of sp³-hybridized carbons (Fsp3) is 0.312. The molecule has 25 heavy (non-hydrogen) atoms. The maximum Gasteiger partial charge on any atom is 0.311 e. The van der Waals surface area contributed by atoms with Gasteiger partial charge in [-0.3, -0.25) is 9.59 Å². The molecule has 0 saturated carbocycles. The smallest absolute Gasteiger partial charge is 0.311 e. The van der Waals surface area contributed by atoms with Crippen LogP contribution in [0.25, 0.3) is 0 Å². The molecule has 1 aromatic heterocycles. The first-order chi connectivity index (χ1) is 12.1. The topological polar surface area (TPSA) is 85.1 Å². The maximum atomic E-state index is 13.1. The van der Waals surface area contributed by atoms with E-state index in [1.807, 2.05) is 0 Å². The van der Waals surface area contributed by atoms with Gasteiger partial charge in [0, 0.05) is 19.2 Å². The number of rotatable bonds is 4. The molecule has 9 heteroatoms. The first-order valence-corrected chi connectivity index (χ1v) is 7.91. The van der Waals surface area contributed by atoms with Crippen molar-refractivity contribution in [2.75, 3.05) is 27.3 Å². The number of benzene rings is 1. The highest BCUT2D eigenvalue weighted by Crippen LogP contribution is 2.37. The molecule has 1 aliphatic rings. The molecule has 0 unspecified atom stereocenters. The molecule has 132 valence electrons. The number of halogens is 1. The Hall–Kier alpha value is -2.74. The number of hydrogen-bond acceptors (Lipinski definition) is 6. The lowest BCUT2D eigenvalue weighted by molar-refractivity contribution is 0.0158. The molecule has 1 aromatic carbocycles. The van der Waals surface area contributed by atoms with E-state index in [2.05, 4.69) is 5.16 Å². The standard InChI is InChI=1S/C16H16ClN3O5/c1-23-11-5-4-10(17)14(24-2)13(11)16(22)20-9-3-8-19(20)15(21)12-6-7-18-25-12/h4-7H,3,8-9H2,1-2H3. The summed E-state index contributed by atoms with van der Waals surface area (Å²) in [5.41, 5.74) is 0.162. The highest BCUT2D eigenvalue weighted by Gasteiger charge is 2.36. The van der Waals surface area contributed by atoms with Crippen LogP contribution in [0, 0.1) is 0 Å². The summed E-state index contributed by atoms with van der Waals surface area (Å²) in [7, 11) is 2.86. The summed E-state index contributed by atoms with van der Waals surface area (Å²) in [6.45, 7) is 0.758. The van der Waals surface area contributed by atoms with Crippen molar-refractivity contribution in [2.45, 2.75) is 6.42 Å². The monoisotopic (exact) mass is 365 g/mol. The summed E-state index contributed by atoms with van der Waals surface area (Å²) < 4.78 is 15.4. The quantitative estimate of drug-likeness (QED) is 0.826. The van der Waals surface area contributed by atoms with E-state index < -0.39 is 11.8 Å². The normalized spacial score (nSPS) is 13.9. The van der Waals surface area contributed by atoms with Gasteiger partial charge >= 0.3 is 5.91 Å². The van der Waals surface area contributed by atoms with Crippen LogP contribution in [0.15, 0.2) is 28.9 Å². The number of aromatic nitrogens is 1. The summed E-state index contributed by atoms with van der Waals surface area (Å²) in [5.74, 6) is -0.315. The van der Waals surface area contributed by atoms with Gasteiger partial charge in [0.1, 0.15) is 11.3 Å². The van der Waals surface area contributed by atoms with E-state index in [1.165, 1.54) is 36.5 Å². The lowest BCUT2D eigenvalue weighted by Crippen LogP contribution is -2.45. The second kappa shape index (κ2) is 7.02. The molecule has 0 bridgehead atoms. The van der Waals surface area contributed by atoms with E-state index in [-0.39, 0.29) is 22.1 Å². The summed E-state index contributed by atoms with van der Waals surface area (Å²) in [4.78, 5) is 25.7. The predicted octanol–water partition coefficient (Wildman–Crippen LogP) is 2.25. The van der Waals surface area contributed by atoms with Crippen LogP contribution in [-0.4, -0.2) is 54.3 Å². The lowest BCUT2D eigenvalue weighted by atomic mass is 10.1. The molecule has 3 rings (SSSR count). The molecular formula is C16H16ClN3O5. The molecule has 2 aromatic rings. The van der Waals surface area contributed by atoms with Gasteiger partial charge in [-0.25, -0.2) is 10.0 Å². The fourth-order valence-corrected chi connectivity index (χ4v) is 2.96. The molecule has 0 radical (unpaired) electrons. The Morgan fingerprint density at radius 3 is 2.44 bits per heavy atom. The maximum absolute atomic E-state index is 13.1. The SMILES string of the molecule is COc1ccc(Cl)c(OC)c1C(=O)N1CCCN1C(=O)c1ccno1. The zero-order chi connectivity index (χ0) is 18.0. The Morgan fingerprint density at radius 2 is 1.84 bits per heavy atom. The number of carbonyl (C=O) groups excluding carboxylic acids is 2. The van der Waals surface area contributed by atoms with Crippen molar-refractivity contribution in [3.8, 4) is 11.5 Å². The summed E-state index contributed by atoms with van der Waals surface area (Å²) in [5, 5.41) is 6.46. The molecule has 2 heterocycles. The third-order valence-electron chi connectivity index (χ3n) is 3.86. The Bertz CT molecular complexity index is 793. The number of methoxy groups -OCH3 is 2. The van der Waals surface area contributed by atoms with Crippen molar-refractivity contribution in [3.05, 3.63) is 40.7 Å². The fourth-order valence-electron chi connectivity index (χ4n) is 2.73. The van der Waals surface area contributed by atoms with Crippen LogP contribution in [0.4, 0.5) is 0 Å². The van der Waals surface area contributed by atoms with Crippen LogP contribution in [0.3, 0.4) is 0 Å². The first-order valence-electron chi connectivity index (χ1n) is 7.53. The van der Waals surface area contributed by atoms with E-state index in [1.54, 1.807) is 12.1 Å². The summed E-state index contributed by atoms with van der Waals surface area (Å²) >= 11 is 6.13. The summed E-state index contributed by atoms with van der Waals surface area (Å²) in [6, 6.07) is 4.61. The number of amides is 2. The Balaban J connectivity index is 1.97. The largest absolute Gasteiger partial charge is 0.496 e. The third kappa shape index (κ3) is 3.00. The molecule has 2 amide bonds. The highest BCUT2D eigenvalue weighted by atomic mass is 35.5. The zero-order valence-corrected chi connectivity index (χ0v) is 14.4. The van der Waals surface area contributed by atoms with Gasteiger partial charge in [-0.2, -0.15) is 0 Å². The Morgan fingerprint density at radius 1 is 1.12 bits per heavy atom. The number of hydrazine groups is 1. The van der Waals surface area contributed by atoms with Gasteiger partial charge in [0.2, 0.25) is 5.76 Å². The minimum Gasteiger partial charge on any atom is -0.496 e. The average Bonchev–Trinajstić information content (AvgIpc) is 3.31. The molecule has 0 atom stereocenters. The lowest BCUT2D eigenvalue weighted by Gasteiger charge is -2.28. The zero-order valence-electron chi connectivity index (χ0n) is 13.7. The van der Waals surface area contributed by atoms with Crippen LogP contribution in [0.5, 0.6) is 11.5 Å². The third-order valence-corrected chi connectivity index (χ3v) is 4.16. The molecule has 1 saturated heterocycles. The minimum atomic E-state index is -0.443. The average molecular weight is 366 g/mol. The van der Waals surface area contributed by atoms with Crippen LogP contribution >= 0.6 is 11.6 Å². The van der Waals surface area contributed by atoms with Crippen molar-refractivity contribution in [1.82, 2.24) is 15.2 Å². The van der Waals surface area contributed by atoms with E-state index in [0.717, 1.165) is 0 Å². The molecule has 0 aliphatic carbocycles.